The molecule has 0 unspecified atom stereocenters. The zero-order valence-corrected chi connectivity index (χ0v) is 10.1. The van der Waals surface area contributed by atoms with Gasteiger partial charge in [-0.3, -0.25) is 0 Å². The zero-order valence-electron chi connectivity index (χ0n) is 8.49. The first-order valence-corrected chi connectivity index (χ1v) is 6.77. The summed E-state index contributed by atoms with van der Waals surface area (Å²) in [5.41, 5.74) is 1.30. The van der Waals surface area contributed by atoms with E-state index in [-0.39, 0.29) is 0 Å². The predicted octanol–water partition coefficient (Wildman–Crippen LogP) is 2.75. The molecule has 0 amide bonds. The van der Waals surface area contributed by atoms with Crippen LogP contribution in [0.4, 0.5) is 0 Å². The molecule has 0 spiro atoms. The van der Waals surface area contributed by atoms with Crippen LogP contribution in [0.15, 0.2) is 17.5 Å². The highest BCUT2D eigenvalue weighted by Crippen LogP contribution is 2.34. The number of aromatic nitrogens is 1. The fourth-order valence-electron chi connectivity index (χ4n) is 2.00. The van der Waals surface area contributed by atoms with E-state index in [4.69, 9.17) is 0 Å². The van der Waals surface area contributed by atoms with Crippen molar-refractivity contribution in [1.82, 2.24) is 10.3 Å². The largest absolute Gasteiger partial charge is 0.304 e. The van der Waals surface area contributed by atoms with Crippen LogP contribution in [0.2, 0.25) is 0 Å². The molecule has 78 valence electrons. The van der Waals surface area contributed by atoms with Crippen molar-refractivity contribution in [2.45, 2.75) is 19.4 Å². The number of fused-ring (bicyclic) bond motifs is 1. The minimum atomic E-state index is 0.389. The van der Waals surface area contributed by atoms with Crippen molar-refractivity contribution < 1.29 is 0 Å². The maximum Gasteiger partial charge on any atom is 0.0900 e. The molecule has 0 aromatic carbocycles. The van der Waals surface area contributed by atoms with Crippen molar-refractivity contribution in [1.29, 1.82) is 0 Å². The van der Waals surface area contributed by atoms with E-state index >= 15 is 0 Å². The molecular weight excluding hydrogens is 224 g/mol. The monoisotopic (exact) mass is 236 g/mol. The number of thiazole rings is 1. The van der Waals surface area contributed by atoms with Gasteiger partial charge in [0.1, 0.15) is 0 Å². The Kier molecular flexibility index (Phi) is 2.35. The van der Waals surface area contributed by atoms with E-state index in [0.717, 1.165) is 13.0 Å². The number of thiophene rings is 1. The van der Waals surface area contributed by atoms with Crippen LogP contribution in [-0.4, -0.2) is 11.5 Å². The molecule has 2 nitrogen and oxygen atoms in total. The quantitative estimate of drug-likeness (QED) is 0.823. The molecule has 1 N–H and O–H groups in total. The Morgan fingerprint density at radius 3 is 3.27 bits per heavy atom. The molecule has 0 aliphatic carbocycles. The standard InChI is InChI=1S/C11H12N2S2/c1-7-13-8-4-5-12-10(11(8)15-7)9-3-2-6-14-9/h2-3,6,10,12H,4-5H2,1H3/t10-/m0/s1. The van der Waals surface area contributed by atoms with E-state index in [2.05, 4.69) is 34.7 Å². The summed E-state index contributed by atoms with van der Waals surface area (Å²) in [4.78, 5) is 7.41. The van der Waals surface area contributed by atoms with Gasteiger partial charge in [-0.2, -0.15) is 0 Å². The molecule has 0 saturated carbocycles. The maximum atomic E-state index is 4.59. The van der Waals surface area contributed by atoms with Gasteiger partial charge < -0.3 is 5.32 Å². The number of rotatable bonds is 1. The summed E-state index contributed by atoms with van der Waals surface area (Å²) in [7, 11) is 0. The van der Waals surface area contributed by atoms with Gasteiger partial charge in [-0.05, 0) is 18.4 Å². The summed E-state index contributed by atoms with van der Waals surface area (Å²) in [6.45, 7) is 3.13. The third-order valence-electron chi connectivity index (χ3n) is 2.63. The molecule has 1 atom stereocenters. The molecule has 2 aromatic rings. The van der Waals surface area contributed by atoms with Crippen LogP contribution in [0, 0.1) is 6.92 Å². The Morgan fingerprint density at radius 2 is 2.47 bits per heavy atom. The summed E-state index contributed by atoms with van der Waals surface area (Å²) in [6, 6.07) is 4.70. The smallest absolute Gasteiger partial charge is 0.0900 e. The SMILES string of the molecule is Cc1nc2c(s1)[C@H](c1cccs1)NCC2. The topological polar surface area (TPSA) is 24.9 Å². The number of hydrogen-bond acceptors (Lipinski definition) is 4. The van der Waals surface area contributed by atoms with Crippen LogP contribution < -0.4 is 5.32 Å². The highest BCUT2D eigenvalue weighted by atomic mass is 32.1. The van der Waals surface area contributed by atoms with Gasteiger partial charge >= 0.3 is 0 Å². The Labute approximate surface area is 97.0 Å². The van der Waals surface area contributed by atoms with Crippen LogP contribution >= 0.6 is 22.7 Å². The second-order valence-corrected chi connectivity index (χ2v) is 5.91. The van der Waals surface area contributed by atoms with Crippen molar-refractivity contribution >= 4 is 22.7 Å². The van der Waals surface area contributed by atoms with E-state index in [0.29, 0.717) is 6.04 Å². The lowest BCUT2D eigenvalue weighted by Gasteiger charge is -2.21. The highest BCUT2D eigenvalue weighted by Gasteiger charge is 2.25. The fraction of sp³-hybridized carbons (Fsp3) is 0.364. The zero-order chi connectivity index (χ0) is 10.3. The molecule has 2 aromatic heterocycles. The molecule has 3 rings (SSSR count). The average molecular weight is 236 g/mol. The molecule has 0 saturated heterocycles. The molecule has 3 heterocycles. The Balaban J connectivity index is 2.06. The molecular formula is C11H12N2S2. The normalized spacial score (nSPS) is 20.2. The van der Waals surface area contributed by atoms with E-state index in [1.54, 1.807) is 0 Å². The number of nitrogens with zero attached hydrogens (tertiary/aromatic N) is 1. The van der Waals surface area contributed by atoms with E-state index in [1.807, 2.05) is 22.7 Å². The average Bonchev–Trinajstić information content (AvgIpc) is 2.82. The van der Waals surface area contributed by atoms with Crippen LogP contribution in [-0.2, 0) is 6.42 Å². The summed E-state index contributed by atoms with van der Waals surface area (Å²) >= 11 is 3.65. The fourth-order valence-corrected chi connectivity index (χ4v) is 3.95. The van der Waals surface area contributed by atoms with Gasteiger partial charge in [-0.15, -0.1) is 22.7 Å². The lowest BCUT2D eigenvalue weighted by Crippen LogP contribution is -2.29. The lowest BCUT2D eigenvalue weighted by molar-refractivity contribution is 0.577. The van der Waals surface area contributed by atoms with Gasteiger partial charge in [0.25, 0.3) is 0 Å². The molecule has 0 radical (unpaired) electrons. The van der Waals surface area contributed by atoms with Crippen LogP contribution in [0.25, 0.3) is 0 Å². The Morgan fingerprint density at radius 1 is 1.53 bits per heavy atom. The molecule has 1 aliphatic rings. The Bertz CT molecular complexity index is 459. The first kappa shape index (κ1) is 9.51. The third-order valence-corrected chi connectivity index (χ3v) is 4.65. The van der Waals surface area contributed by atoms with Crippen LogP contribution in [0.1, 0.15) is 26.5 Å². The van der Waals surface area contributed by atoms with Gasteiger partial charge in [0.05, 0.1) is 21.6 Å². The van der Waals surface area contributed by atoms with Gasteiger partial charge in [-0.1, -0.05) is 6.07 Å². The van der Waals surface area contributed by atoms with Crippen molar-refractivity contribution in [3.05, 3.63) is 38.0 Å². The number of hydrogen-bond donors (Lipinski definition) is 1. The number of nitrogens with one attached hydrogen (secondary N) is 1. The summed E-state index contributed by atoms with van der Waals surface area (Å²) in [5, 5.41) is 6.90. The van der Waals surface area contributed by atoms with Crippen LogP contribution in [0.3, 0.4) is 0 Å². The molecule has 1 aliphatic heterocycles. The van der Waals surface area contributed by atoms with E-state index in [1.165, 1.54) is 20.5 Å². The van der Waals surface area contributed by atoms with E-state index < -0.39 is 0 Å². The predicted molar refractivity (Wildman–Crippen MR) is 64.7 cm³/mol. The van der Waals surface area contributed by atoms with Crippen LogP contribution in [0.5, 0.6) is 0 Å². The van der Waals surface area contributed by atoms with Crippen molar-refractivity contribution in [3.63, 3.8) is 0 Å². The van der Waals surface area contributed by atoms with Crippen molar-refractivity contribution in [2.24, 2.45) is 0 Å². The summed E-state index contributed by atoms with van der Waals surface area (Å²) in [6.07, 6.45) is 1.07. The molecule has 15 heavy (non-hydrogen) atoms. The minimum Gasteiger partial charge on any atom is -0.304 e. The summed E-state index contributed by atoms with van der Waals surface area (Å²) in [5.74, 6) is 0. The van der Waals surface area contributed by atoms with Crippen molar-refractivity contribution in [3.8, 4) is 0 Å². The maximum absolute atomic E-state index is 4.59. The highest BCUT2D eigenvalue weighted by molar-refractivity contribution is 7.12. The van der Waals surface area contributed by atoms with Crippen molar-refractivity contribution in [2.75, 3.05) is 6.54 Å². The summed E-state index contributed by atoms with van der Waals surface area (Å²) < 4.78 is 0. The molecule has 4 heteroatoms. The van der Waals surface area contributed by atoms with Gasteiger partial charge in [0.15, 0.2) is 0 Å². The van der Waals surface area contributed by atoms with E-state index in [9.17, 15) is 0 Å². The molecule has 0 bridgehead atoms. The Hall–Kier alpha value is -0.710. The first-order chi connectivity index (χ1) is 7.34. The minimum absolute atomic E-state index is 0.389. The first-order valence-electron chi connectivity index (χ1n) is 5.07. The second-order valence-electron chi connectivity index (χ2n) is 3.70. The lowest BCUT2D eigenvalue weighted by atomic mass is 10.1. The van der Waals surface area contributed by atoms with Gasteiger partial charge in [0.2, 0.25) is 0 Å². The molecule has 0 fully saturated rings. The third kappa shape index (κ3) is 1.62. The number of aryl methyl sites for hydroxylation is 1. The van der Waals surface area contributed by atoms with Gasteiger partial charge in [0, 0.05) is 17.8 Å². The van der Waals surface area contributed by atoms with Gasteiger partial charge in [-0.25, -0.2) is 4.98 Å². The second kappa shape index (κ2) is 3.70.